The molecule has 0 aliphatic carbocycles. The van der Waals surface area contributed by atoms with E-state index in [9.17, 15) is 9.59 Å². The van der Waals surface area contributed by atoms with Gasteiger partial charge in [-0.1, -0.05) is 6.92 Å². The first kappa shape index (κ1) is 13.0. The zero-order valence-corrected chi connectivity index (χ0v) is 10.3. The molecule has 0 radical (unpaired) electrons. The molecule has 0 bridgehead atoms. The molecule has 1 heterocycles. The van der Waals surface area contributed by atoms with Crippen molar-refractivity contribution in [1.29, 1.82) is 0 Å². The lowest BCUT2D eigenvalue weighted by atomic mass is 10.1. The molecule has 0 aromatic carbocycles. The van der Waals surface area contributed by atoms with Crippen LogP contribution in [0.1, 0.15) is 19.8 Å². The molecule has 1 aliphatic heterocycles. The van der Waals surface area contributed by atoms with Crippen LogP contribution in [0.5, 0.6) is 0 Å². The van der Waals surface area contributed by atoms with Gasteiger partial charge in [0.1, 0.15) is 0 Å². The molecule has 0 saturated carbocycles. The highest BCUT2D eigenvalue weighted by atomic mass is 16.2. The Morgan fingerprint density at radius 3 is 2.81 bits per heavy atom. The average Bonchev–Trinajstić information content (AvgIpc) is 2.24. The van der Waals surface area contributed by atoms with Crippen LogP contribution in [0, 0.1) is 0 Å². The molecule has 1 N–H and O–H groups in total. The Bertz CT molecular complexity index is 264. The Kier molecular flexibility index (Phi) is 4.73. The lowest BCUT2D eigenvalue weighted by Crippen LogP contribution is -2.56. The van der Waals surface area contributed by atoms with Crippen LogP contribution >= 0.6 is 0 Å². The summed E-state index contributed by atoms with van der Waals surface area (Å²) in [4.78, 5) is 26.9. The van der Waals surface area contributed by atoms with Gasteiger partial charge in [0.15, 0.2) is 0 Å². The maximum absolute atomic E-state index is 12.0. The SMILES string of the molecule is CCCN1CCNC(CC(=O)N(C)C)C1=O. The van der Waals surface area contributed by atoms with Crippen LogP contribution in [0.3, 0.4) is 0 Å². The van der Waals surface area contributed by atoms with Crippen molar-refractivity contribution >= 4 is 11.8 Å². The molecule has 1 rings (SSSR count). The summed E-state index contributed by atoms with van der Waals surface area (Å²) in [5, 5.41) is 3.10. The first-order valence-corrected chi connectivity index (χ1v) is 5.78. The molecule has 92 valence electrons. The van der Waals surface area contributed by atoms with E-state index in [2.05, 4.69) is 12.2 Å². The van der Waals surface area contributed by atoms with Gasteiger partial charge in [-0.15, -0.1) is 0 Å². The van der Waals surface area contributed by atoms with Gasteiger partial charge in [-0.05, 0) is 6.42 Å². The van der Waals surface area contributed by atoms with Crippen molar-refractivity contribution in [3.63, 3.8) is 0 Å². The minimum atomic E-state index is -0.338. The molecule has 1 unspecified atom stereocenters. The van der Waals surface area contributed by atoms with E-state index in [1.807, 2.05) is 4.90 Å². The van der Waals surface area contributed by atoms with Gasteiger partial charge in [0, 0.05) is 33.7 Å². The summed E-state index contributed by atoms with van der Waals surface area (Å²) in [6, 6.07) is -0.338. The van der Waals surface area contributed by atoms with Crippen molar-refractivity contribution in [2.45, 2.75) is 25.8 Å². The van der Waals surface area contributed by atoms with E-state index in [1.165, 1.54) is 4.90 Å². The number of hydrogen-bond acceptors (Lipinski definition) is 3. The van der Waals surface area contributed by atoms with E-state index in [0.717, 1.165) is 26.1 Å². The number of carbonyl (C=O) groups excluding carboxylic acids is 2. The van der Waals surface area contributed by atoms with Crippen LogP contribution in [0.4, 0.5) is 0 Å². The number of nitrogens with zero attached hydrogens (tertiary/aromatic N) is 2. The molecule has 1 aliphatic rings. The Morgan fingerprint density at radius 1 is 1.56 bits per heavy atom. The smallest absolute Gasteiger partial charge is 0.240 e. The predicted molar refractivity (Wildman–Crippen MR) is 62.0 cm³/mol. The second-order valence-corrected chi connectivity index (χ2v) is 4.32. The molecule has 0 spiro atoms. The monoisotopic (exact) mass is 227 g/mol. The third-order valence-corrected chi connectivity index (χ3v) is 2.75. The van der Waals surface area contributed by atoms with Crippen LogP contribution in [-0.2, 0) is 9.59 Å². The van der Waals surface area contributed by atoms with Crippen molar-refractivity contribution in [2.75, 3.05) is 33.7 Å². The van der Waals surface area contributed by atoms with Gasteiger partial charge in [0.2, 0.25) is 11.8 Å². The maximum atomic E-state index is 12.0. The zero-order valence-electron chi connectivity index (χ0n) is 10.3. The minimum Gasteiger partial charge on any atom is -0.349 e. The second-order valence-electron chi connectivity index (χ2n) is 4.32. The van der Waals surface area contributed by atoms with E-state index in [4.69, 9.17) is 0 Å². The highest BCUT2D eigenvalue weighted by Gasteiger charge is 2.29. The van der Waals surface area contributed by atoms with Crippen molar-refractivity contribution in [1.82, 2.24) is 15.1 Å². The molecule has 5 heteroatoms. The number of hydrogen-bond donors (Lipinski definition) is 1. The van der Waals surface area contributed by atoms with Gasteiger partial charge in [-0.2, -0.15) is 0 Å². The summed E-state index contributed by atoms with van der Waals surface area (Å²) in [7, 11) is 3.42. The largest absolute Gasteiger partial charge is 0.349 e. The quantitative estimate of drug-likeness (QED) is 0.716. The van der Waals surface area contributed by atoms with Crippen molar-refractivity contribution in [3.8, 4) is 0 Å². The number of carbonyl (C=O) groups is 2. The van der Waals surface area contributed by atoms with Gasteiger partial charge in [-0.25, -0.2) is 0 Å². The zero-order chi connectivity index (χ0) is 12.1. The van der Waals surface area contributed by atoms with Gasteiger partial charge >= 0.3 is 0 Å². The third-order valence-electron chi connectivity index (χ3n) is 2.75. The maximum Gasteiger partial charge on any atom is 0.240 e. The molecule has 1 saturated heterocycles. The number of piperazine rings is 1. The summed E-state index contributed by atoms with van der Waals surface area (Å²) in [5.41, 5.74) is 0. The van der Waals surface area contributed by atoms with Crippen molar-refractivity contribution < 1.29 is 9.59 Å². The molecule has 1 fully saturated rings. The van der Waals surface area contributed by atoms with Gasteiger partial charge in [0.25, 0.3) is 0 Å². The van der Waals surface area contributed by atoms with Crippen LogP contribution in [0.2, 0.25) is 0 Å². The molecule has 16 heavy (non-hydrogen) atoms. The minimum absolute atomic E-state index is 0.0100. The van der Waals surface area contributed by atoms with Crippen LogP contribution in [0.15, 0.2) is 0 Å². The van der Waals surface area contributed by atoms with Gasteiger partial charge < -0.3 is 15.1 Å². The summed E-state index contributed by atoms with van der Waals surface area (Å²) in [6.45, 7) is 4.36. The van der Waals surface area contributed by atoms with Crippen LogP contribution in [0.25, 0.3) is 0 Å². The molecular formula is C11H21N3O2. The molecule has 2 amide bonds. The van der Waals surface area contributed by atoms with Gasteiger partial charge in [0.05, 0.1) is 12.5 Å². The Labute approximate surface area is 96.8 Å². The topological polar surface area (TPSA) is 52.7 Å². The standard InChI is InChI=1S/C11H21N3O2/c1-4-6-14-7-5-12-9(11(14)16)8-10(15)13(2)3/h9,12H,4-8H2,1-3H3. The normalized spacial score (nSPS) is 21.1. The van der Waals surface area contributed by atoms with Crippen molar-refractivity contribution in [3.05, 3.63) is 0 Å². The first-order chi connectivity index (χ1) is 7.56. The van der Waals surface area contributed by atoms with E-state index in [0.29, 0.717) is 0 Å². The number of nitrogens with one attached hydrogen (secondary N) is 1. The summed E-state index contributed by atoms with van der Waals surface area (Å²) in [6.07, 6.45) is 1.21. The highest BCUT2D eigenvalue weighted by Crippen LogP contribution is 2.06. The highest BCUT2D eigenvalue weighted by molar-refractivity contribution is 5.88. The fourth-order valence-corrected chi connectivity index (χ4v) is 1.80. The number of amides is 2. The fourth-order valence-electron chi connectivity index (χ4n) is 1.80. The van der Waals surface area contributed by atoms with Crippen LogP contribution < -0.4 is 5.32 Å². The Morgan fingerprint density at radius 2 is 2.25 bits per heavy atom. The summed E-state index contributed by atoms with van der Waals surface area (Å²) >= 11 is 0. The van der Waals surface area contributed by atoms with E-state index < -0.39 is 0 Å². The molecule has 5 nitrogen and oxygen atoms in total. The molecule has 0 aromatic rings. The Hall–Kier alpha value is -1.10. The fraction of sp³-hybridized carbons (Fsp3) is 0.818. The molecular weight excluding hydrogens is 206 g/mol. The third kappa shape index (κ3) is 3.20. The first-order valence-electron chi connectivity index (χ1n) is 5.78. The number of rotatable bonds is 4. The van der Waals surface area contributed by atoms with Gasteiger partial charge in [-0.3, -0.25) is 9.59 Å². The lowest BCUT2D eigenvalue weighted by molar-refractivity contribution is -0.140. The summed E-state index contributed by atoms with van der Waals surface area (Å²) < 4.78 is 0. The molecule has 0 aromatic heterocycles. The Balaban J connectivity index is 2.53. The summed E-state index contributed by atoms with van der Waals surface area (Å²) in [5.74, 6) is 0.0486. The lowest BCUT2D eigenvalue weighted by Gasteiger charge is -2.33. The average molecular weight is 227 g/mol. The van der Waals surface area contributed by atoms with Crippen molar-refractivity contribution in [2.24, 2.45) is 0 Å². The van der Waals surface area contributed by atoms with Crippen LogP contribution in [-0.4, -0.2) is 61.4 Å². The van der Waals surface area contributed by atoms with E-state index >= 15 is 0 Å². The predicted octanol–water partition coefficient (Wildman–Crippen LogP) is -0.325. The van der Waals surface area contributed by atoms with E-state index in [1.54, 1.807) is 14.1 Å². The van der Waals surface area contributed by atoms with E-state index in [-0.39, 0.29) is 24.3 Å². The second kappa shape index (κ2) is 5.84. The molecule has 1 atom stereocenters.